The number of likely N-dealkylation sites (N-methyl/N-ethyl adjacent to an activating group) is 1. The Bertz CT molecular complexity index is 436. The van der Waals surface area contributed by atoms with Crippen molar-refractivity contribution in [2.75, 3.05) is 13.6 Å². The van der Waals surface area contributed by atoms with E-state index >= 15 is 0 Å². The first-order valence-electron chi connectivity index (χ1n) is 6.21. The molecule has 0 saturated carbocycles. The van der Waals surface area contributed by atoms with Crippen molar-refractivity contribution >= 4 is 11.3 Å². The summed E-state index contributed by atoms with van der Waals surface area (Å²) < 4.78 is 5.68. The lowest BCUT2D eigenvalue weighted by molar-refractivity contribution is 0.109. The van der Waals surface area contributed by atoms with Gasteiger partial charge in [-0.25, -0.2) is 0 Å². The second-order valence-electron chi connectivity index (χ2n) is 4.24. The number of benzene rings is 1. The Morgan fingerprint density at radius 1 is 1.06 bits per heavy atom. The van der Waals surface area contributed by atoms with Crippen LogP contribution in [0.4, 0.5) is 0 Å². The second kappa shape index (κ2) is 7.31. The van der Waals surface area contributed by atoms with Crippen LogP contribution in [0.3, 0.4) is 0 Å². The van der Waals surface area contributed by atoms with Crippen LogP contribution in [0.25, 0.3) is 0 Å². The zero-order valence-corrected chi connectivity index (χ0v) is 11.5. The third kappa shape index (κ3) is 4.26. The Morgan fingerprint density at radius 3 is 2.50 bits per heavy atom. The molecule has 18 heavy (non-hydrogen) atoms. The minimum atomic E-state index is 0.685. The summed E-state index contributed by atoms with van der Waals surface area (Å²) in [6, 6.07) is 12.8. The van der Waals surface area contributed by atoms with Crippen LogP contribution in [0.1, 0.15) is 16.0 Å². The second-order valence-corrected chi connectivity index (χ2v) is 5.27. The molecule has 1 N–H and O–H groups in total. The average molecular weight is 261 g/mol. The van der Waals surface area contributed by atoms with Crippen LogP contribution in [-0.4, -0.2) is 13.6 Å². The minimum absolute atomic E-state index is 0.685. The number of hydrogen-bond acceptors (Lipinski definition) is 3. The Hall–Kier alpha value is -1.16. The van der Waals surface area contributed by atoms with Crippen LogP contribution in [0.15, 0.2) is 41.8 Å². The SMILES string of the molecule is CNCCc1ccc(COCc2cccs2)cc1. The standard InChI is InChI=1S/C15H19NOS/c1-16-9-8-13-4-6-14(7-5-13)11-17-12-15-3-2-10-18-15/h2-7,10,16H,8-9,11-12H2,1H3. The lowest BCUT2D eigenvalue weighted by Gasteiger charge is -2.05. The van der Waals surface area contributed by atoms with Crippen molar-refractivity contribution < 1.29 is 4.74 Å². The molecular formula is C15H19NOS. The lowest BCUT2D eigenvalue weighted by Crippen LogP contribution is -2.10. The van der Waals surface area contributed by atoms with Gasteiger partial charge in [0.15, 0.2) is 0 Å². The van der Waals surface area contributed by atoms with Crippen LogP contribution in [0.2, 0.25) is 0 Å². The fourth-order valence-electron chi connectivity index (χ4n) is 1.74. The first-order valence-corrected chi connectivity index (χ1v) is 7.09. The number of thiophene rings is 1. The van der Waals surface area contributed by atoms with Gasteiger partial charge in [-0.2, -0.15) is 0 Å². The van der Waals surface area contributed by atoms with Crippen molar-refractivity contribution in [3.63, 3.8) is 0 Å². The number of rotatable bonds is 7. The van der Waals surface area contributed by atoms with Gasteiger partial charge in [-0.1, -0.05) is 30.3 Å². The fourth-order valence-corrected chi connectivity index (χ4v) is 2.38. The van der Waals surface area contributed by atoms with Crippen LogP contribution in [0.5, 0.6) is 0 Å². The number of ether oxygens (including phenoxy) is 1. The molecule has 0 aliphatic carbocycles. The maximum absolute atomic E-state index is 5.68. The maximum atomic E-state index is 5.68. The Morgan fingerprint density at radius 2 is 1.83 bits per heavy atom. The summed E-state index contributed by atoms with van der Waals surface area (Å²) in [4.78, 5) is 1.28. The largest absolute Gasteiger partial charge is 0.371 e. The van der Waals surface area contributed by atoms with Crippen LogP contribution in [0, 0.1) is 0 Å². The van der Waals surface area contributed by atoms with E-state index in [2.05, 4.69) is 47.1 Å². The molecule has 3 heteroatoms. The highest BCUT2D eigenvalue weighted by Crippen LogP contribution is 2.12. The molecule has 0 spiro atoms. The van der Waals surface area contributed by atoms with Gasteiger partial charge >= 0.3 is 0 Å². The van der Waals surface area contributed by atoms with Gasteiger partial charge in [0.05, 0.1) is 13.2 Å². The highest BCUT2D eigenvalue weighted by Gasteiger charge is 1.97. The molecular weight excluding hydrogens is 242 g/mol. The molecule has 1 heterocycles. The molecule has 1 aromatic heterocycles. The quantitative estimate of drug-likeness (QED) is 0.826. The molecule has 0 bridgehead atoms. The van der Waals surface area contributed by atoms with Gasteiger partial charge in [0.1, 0.15) is 0 Å². The minimum Gasteiger partial charge on any atom is -0.371 e. The monoisotopic (exact) mass is 261 g/mol. The molecule has 2 aromatic rings. The molecule has 0 atom stereocenters. The first-order chi connectivity index (χ1) is 8.88. The molecule has 1 aromatic carbocycles. The van der Waals surface area contributed by atoms with Gasteiger partial charge in [0.25, 0.3) is 0 Å². The van der Waals surface area contributed by atoms with Crippen molar-refractivity contribution in [3.05, 3.63) is 57.8 Å². The Kier molecular flexibility index (Phi) is 5.39. The van der Waals surface area contributed by atoms with E-state index in [9.17, 15) is 0 Å². The van der Waals surface area contributed by atoms with E-state index in [0.717, 1.165) is 13.0 Å². The fraction of sp³-hybridized carbons (Fsp3) is 0.333. The first kappa shape index (κ1) is 13.3. The molecule has 2 rings (SSSR count). The van der Waals surface area contributed by atoms with E-state index in [4.69, 9.17) is 4.74 Å². The average Bonchev–Trinajstić information content (AvgIpc) is 2.91. The van der Waals surface area contributed by atoms with Gasteiger partial charge in [-0.3, -0.25) is 0 Å². The van der Waals surface area contributed by atoms with Gasteiger partial charge in [-0.15, -0.1) is 11.3 Å². The molecule has 0 unspecified atom stereocenters. The van der Waals surface area contributed by atoms with Crippen molar-refractivity contribution in [1.82, 2.24) is 5.32 Å². The van der Waals surface area contributed by atoms with Crippen LogP contribution < -0.4 is 5.32 Å². The van der Waals surface area contributed by atoms with Gasteiger partial charge in [0, 0.05) is 4.88 Å². The summed E-state index contributed by atoms with van der Waals surface area (Å²) in [5.41, 5.74) is 2.60. The molecule has 0 aliphatic heterocycles. The van der Waals surface area contributed by atoms with E-state index in [1.54, 1.807) is 11.3 Å². The van der Waals surface area contributed by atoms with E-state index in [-0.39, 0.29) is 0 Å². The Labute approximate surface area is 113 Å². The third-order valence-corrected chi connectivity index (χ3v) is 3.63. The molecule has 96 valence electrons. The molecule has 0 saturated heterocycles. The zero-order valence-electron chi connectivity index (χ0n) is 10.7. The summed E-state index contributed by atoms with van der Waals surface area (Å²) >= 11 is 1.74. The summed E-state index contributed by atoms with van der Waals surface area (Å²) in [5.74, 6) is 0. The molecule has 0 aliphatic rings. The molecule has 2 nitrogen and oxygen atoms in total. The van der Waals surface area contributed by atoms with Crippen molar-refractivity contribution in [2.45, 2.75) is 19.6 Å². The number of nitrogens with one attached hydrogen (secondary N) is 1. The normalized spacial score (nSPS) is 10.7. The smallest absolute Gasteiger partial charge is 0.0813 e. The van der Waals surface area contributed by atoms with Gasteiger partial charge in [0.2, 0.25) is 0 Å². The van der Waals surface area contributed by atoms with Gasteiger partial charge in [-0.05, 0) is 42.6 Å². The van der Waals surface area contributed by atoms with Crippen LogP contribution in [-0.2, 0) is 24.4 Å². The predicted molar refractivity (Wildman–Crippen MR) is 76.9 cm³/mol. The molecule has 0 fully saturated rings. The summed E-state index contributed by atoms with van der Waals surface area (Å²) in [6.07, 6.45) is 1.08. The van der Waals surface area contributed by atoms with Crippen molar-refractivity contribution in [1.29, 1.82) is 0 Å². The zero-order chi connectivity index (χ0) is 12.6. The lowest BCUT2D eigenvalue weighted by atomic mass is 10.1. The van der Waals surface area contributed by atoms with E-state index in [0.29, 0.717) is 13.2 Å². The topological polar surface area (TPSA) is 21.3 Å². The van der Waals surface area contributed by atoms with Crippen molar-refractivity contribution in [3.8, 4) is 0 Å². The Balaban J connectivity index is 1.75. The van der Waals surface area contributed by atoms with E-state index < -0.39 is 0 Å². The van der Waals surface area contributed by atoms with Crippen molar-refractivity contribution in [2.24, 2.45) is 0 Å². The summed E-state index contributed by atoms with van der Waals surface area (Å²) in [7, 11) is 1.98. The highest BCUT2D eigenvalue weighted by molar-refractivity contribution is 7.09. The number of hydrogen-bond donors (Lipinski definition) is 1. The van der Waals surface area contributed by atoms with Crippen LogP contribution >= 0.6 is 11.3 Å². The predicted octanol–water partition coefficient (Wildman–Crippen LogP) is 3.23. The maximum Gasteiger partial charge on any atom is 0.0813 e. The van der Waals surface area contributed by atoms with E-state index in [1.807, 2.05) is 7.05 Å². The summed E-state index contributed by atoms with van der Waals surface area (Å²) in [5, 5.41) is 5.24. The third-order valence-electron chi connectivity index (χ3n) is 2.78. The van der Waals surface area contributed by atoms with E-state index in [1.165, 1.54) is 16.0 Å². The van der Waals surface area contributed by atoms with Gasteiger partial charge < -0.3 is 10.1 Å². The molecule has 0 radical (unpaired) electrons. The molecule has 0 amide bonds. The summed E-state index contributed by atoms with van der Waals surface area (Å²) in [6.45, 7) is 2.41. The highest BCUT2D eigenvalue weighted by atomic mass is 32.1.